The molecule has 1 aromatic carbocycles. The van der Waals surface area contributed by atoms with Crippen LogP contribution in [0.1, 0.15) is 69.1 Å². The Hall–Kier alpha value is -3.43. The first-order valence-electron chi connectivity index (χ1n) is 12.4. The molecule has 1 aliphatic carbocycles. The van der Waals surface area contributed by atoms with Crippen LogP contribution in [0.3, 0.4) is 0 Å². The second-order valence-electron chi connectivity index (χ2n) is 9.40. The van der Waals surface area contributed by atoms with Crippen LogP contribution in [0.2, 0.25) is 0 Å². The van der Waals surface area contributed by atoms with E-state index in [4.69, 9.17) is 4.52 Å². The standard InChI is InChI=1S/C25H34N6O4/c1-18(32)29-25(12-4-2-3-5-13-25)24-28-23(35-30-24)11-10-21(33)27-16-19-6-8-20(9-7-19)31-15-14-26-22(34)17-31/h6-9H,2-5,10-17H2,1H3,(H,26,34)(H,27,33)(H,29,32). The van der Waals surface area contributed by atoms with Crippen molar-refractivity contribution in [2.45, 2.75) is 70.4 Å². The summed E-state index contributed by atoms with van der Waals surface area (Å²) in [6.07, 6.45) is 6.41. The summed E-state index contributed by atoms with van der Waals surface area (Å²) in [4.78, 5) is 42.4. The second kappa shape index (κ2) is 11.3. The molecule has 1 aliphatic heterocycles. The molecule has 2 aromatic rings. The largest absolute Gasteiger partial charge is 0.360 e. The molecule has 2 fully saturated rings. The number of piperazine rings is 1. The molecule has 10 heteroatoms. The third kappa shape index (κ3) is 6.58. The van der Waals surface area contributed by atoms with Crippen LogP contribution in [0, 0.1) is 0 Å². The van der Waals surface area contributed by atoms with Crippen molar-refractivity contribution in [3.63, 3.8) is 0 Å². The molecule has 188 valence electrons. The van der Waals surface area contributed by atoms with Gasteiger partial charge in [-0.1, -0.05) is 43.0 Å². The summed E-state index contributed by atoms with van der Waals surface area (Å²) < 4.78 is 5.43. The molecular weight excluding hydrogens is 448 g/mol. The lowest BCUT2D eigenvalue weighted by molar-refractivity contribution is -0.122. The fraction of sp³-hybridized carbons (Fsp3) is 0.560. The number of anilines is 1. The Morgan fingerprint density at radius 1 is 1.14 bits per heavy atom. The van der Waals surface area contributed by atoms with E-state index in [9.17, 15) is 14.4 Å². The zero-order valence-corrected chi connectivity index (χ0v) is 20.3. The molecule has 3 amide bonds. The summed E-state index contributed by atoms with van der Waals surface area (Å²) in [6.45, 7) is 3.72. The van der Waals surface area contributed by atoms with E-state index in [1.54, 1.807) is 0 Å². The van der Waals surface area contributed by atoms with Crippen molar-refractivity contribution in [2.75, 3.05) is 24.5 Å². The highest BCUT2D eigenvalue weighted by atomic mass is 16.5. The lowest BCUT2D eigenvalue weighted by Gasteiger charge is -2.30. The van der Waals surface area contributed by atoms with Crippen LogP contribution < -0.4 is 20.9 Å². The first-order chi connectivity index (χ1) is 16.9. The van der Waals surface area contributed by atoms with Gasteiger partial charge in [-0.05, 0) is 30.5 Å². The van der Waals surface area contributed by atoms with Crippen LogP contribution >= 0.6 is 0 Å². The lowest BCUT2D eigenvalue weighted by Crippen LogP contribution is -2.47. The van der Waals surface area contributed by atoms with Gasteiger partial charge >= 0.3 is 0 Å². The van der Waals surface area contributed by atoms with E-state index in [2.05, 4.69) is 26.1 Å². The minimum Gasteiger partial charge on any atom is -0.360 e. The summed E-state index contributed by atoms with van der Waals surface area (Å²) in [5.41, 5.74) is 1.39. The van der Waals surface area contributed by atoms with Gasteiger partial charge < -0.3 is 25.4 Å². The second-order valence-corrected chi connectivity index (χ2v) is 9.40. The third-order valence-corrected chi connectivity index (χ3v) is 6.66. The van der Waals surface area contributed by atoms with Gasteiger partial charge in [0.15, 0.2) is 5.82 Å². The molecule has 0 spiro atoms. The van der Waals surface area contributed by atoms with E-state index in [0.29, 0.717) is 37.8 Å². The quantitative estimate of drug-likeness (QED) is 0.490. The maximum atomic E-state index is 12.4. The number of amides is 3. The summed E-state index contributed by atoms with van der Waals surface area (Å²) in [5, 5.41) is 13.0. The highest BCUT2D eigenvalue weighted by Gasteiger charge is 2.38. The molecule has 0 radical (unpaired) electrons. The van der Waals surface area contributed by atoms with Gasteiger partial charge in [0.2, 0.25) is 23.6 Å². The maximum Gasteiger partial charge on any atom is 0.239 e. The Kier molecular flexibility index (Phi) is 7.99. The molecule has 35 heavy (non-hydrogen) atoms. The number of aryl methyl sites for hydroxylation is 1. The van der Waals surface area contributed by atoms with E-state index in [0.717, 1.165) is 56.3 Å². The molecule has 2 aliphatic rings. The van der Waals surface area contributed by atoms with Crippen molar-refractivity contribution in [3.05, 3.63) is 41.5 Å². The Bertz CT molecular complexity index is 1030. The number of aromatic nitrogens is 2. The SMILES string of the molecule is CC(=O)NC1(c2noc(CCC(=O)NCc3ccc(N4CCNC(=O)C4)cc3)n2)CCCCCC1. The molecule has 4 rings (SSSR count). The number of hydrogen-bond acceptors (Lipinski definition) is 7. The molecule has 3 N–H and O–H groups in total. The van der Waals surface area contributed by atoms with E-state index < -0.39 is 5.54 Å². The van der Waals surface area contributed by atoms with Gasteiger partial charge in [-0.3, -0.25) is 14.4 Å². The third-order valence-electron chi connectivity index (χ3n) is 6.66. The molecule has 1 aromatic heterocycles. The minimum absolute atomic E-state index is 0.0282. The average molecular weight is 483 g/mol. The van der Waals surface area contributed by atoms with Crippen molar-refractivity contribution in [1.29, 1.82) is 0 Å². The van der Waals surface area contributed by atoms with Gasteiger partial charge in [0.25, 0.3) is 0 Å². The van der Waals surface area contributed by atoms with Crippen molar-refractivity contribution < 1.29 is 18.9 Å². The number of hydrogen-bond donors (Lipinski definition) is 3. The number of benzene rings is 1. The Morgan fingerprint density at radius 3 is 2.57 bits per heavy atom. The number of nitrogens with one attached hydrogen (secondary N) is 3. The van der Waals surface area contributed by atoms with Gasteiger partial charge in [-0.15, -0.1) is 0 Å². The van der Waals surface area contributed by atoms with Crippen molar-refractivity contribution in [2.24, 2.45) is 0 Å². The van der Waals surface area contributed by atoms with Gasteiger partial charge in [-0.2, -0.15) is 4.98 Å². The molecule has 1 saturated heterocycles. The monoisotopic (exact) mass is 482 g/mol. The Morgan fingerprint density at radius 2 is 1.89 bits per heavy atom. The van der Waals surface area contributed by atoms with E-state index in [1.165, 1.54) is 6.92 Å². The predicted molar refractivity (Wildman–Crippen MR) is 129 cm³/mol. The highest BCUT2D eigenvalue weighted by Crippen LogP contribution is 2.34. The fourth-order valence-corrected chi connectivity index (χ4v) is 4.82. The Balaban J connectivity index is 1.27. The zero-order valence-electron chi connectivity index (χ0n) is 20.3. The zero-order chi connectivity index (χ0) is 24.7. The van der Waals surface area contributed by atoms with Crippen molar-refractivity contribution in [1.82, 2.24) is 26.1 Å². The number of carbonyl (C=O) groups excluding carboxylic acids is 3. The van der Waals surface area contributed by atoms with Crippen LogP contribution in [0.5, 0.6) is 0 Å². The molecular formula is C25H34N6O4. The minimum atomic E-state index is -0.587. The molecule has 0 atom stereocenters. The van der Waals surface area contributed by atoms with Crippen LogP contribution in [0.4, 0.5) is 5.69 Å². The smallest absolute Gasteiger partial charge is 0.239 e. The summed E-state index contributed by atoms with van der Waals surface area (Å²) >= 11 is 0. The highest BCUT2D eigenvalue weighted by molar-refractivity contribution is 5.82. The first kappa shape index (κ1) is 24.7. The average Bonchev–Trinajstić information content (AvgIpc) is 3.21. The molecule has 2 heterocycles. The van der Waals surface area contributed by atoms with E-state index in [-0.39, 0.29) is 24.1 Å². The van der Waals surface area contributed by atoms with Crippen LogP contribution in [0.25, 0.3) is 0 Å². The van der Waals surface area contributed by atoms with Gasteiger partial charge in [0, 0.05) is 45.1 Å². The van der Waals surface area contributed by atoms with E-state index >= 15 is 0 Å². The van der Waals surface area contributed by atoms with Crippen molar-refractivity contribution >= 4 is 23.4 Å². The number of rotatable bonds is 8. The topological polar surface area (TPSA) is 129 Å². The lowest BCUT2D eigenvalue weighted by atomic mass is 9.89. The fourth-order valence-electron chi connectivity index (χ4n) is 4.82. The summed E-state index contributed by atoms with van der Waals surface area (Å²) in [5.74, 6) is 0.732. The number of nitrogens with zero attached hydrogens (tertiary/aromatic N) is 3. The summed E-state index contributed by atoms with van der Waals surface area (Å²) in [6, 6.07) is 7.86. The predicted octanol–water partition coefficient (Wildman–Crippen LogP) is 1.94. The number of carbonyl (C=O) groups is 3. The van der Waals surface area contributed by atoms with Crippen LogP contribution in [-0.4, -0.2) is 47.5 Å². The van der Waals surface area contributed by atoms with Crippen LogP contribution in [0.15, 0.2) is 28.8 Å². The van der Waals surface area contributed by atoms with Gasteiger partial charge in [0.05, 0.1) is 6.54 Å². The van der Waals surface area contributed by atoms with Crippen molar-refractivity contribution in [3.8, 4) is 0 Å². The molecule has 0 bridgehead atoms. The normalized spacial score (nSPS) is 17.9. The molecule has 0 unspecified atom stereocenters. The molecule has 10 nitrogen and oxygen atoms in total. The maximum absolute atomic E-state index is 12.4. The van der Waals surface area contributed by atoms with Gasteiger partial charge in [0.1, 0.15) is 5.54 Å². The van der Waals surface area contributed by atoms with E-state index in [1.807, 2.05) is 29.2 Å². The van der Waals surface area contributed by atoms with Gasteiger partial charge in [-0.25, -0.2) is 0 Å². The first-order valence-corrected chi connectivity index (χ1v) is 12.4. The summed E-state index contributed by atoms with van der Waals surface area (Å²) in [7, 11) is 0. The molecule has 1 saturated carbocycles. The van der Waals surface area contributed by atoms with Crippen LogP contribution in [-0.2, 0) is 32.9 Å². The Labute approximate surface area is 205 Å².